The van der Waals surface area contributed by atoms with Crippen molar-refractivity contribution in [3.8, 4) is 5.75 Å². The highest BCUT2D eigenvalue weighted by molar-refractivity contribution is 5.87. The molecule has 1 N–H and O–H groups in total. The summed E-state index contributed by atoms with van der Waals surface area (Å²) in [5.74, 6) is -0.0922. The fourth-order valence-corrected chi connectivity index (χ4v) is 3.57. The first-order valence-electron chi connectivity index (χ1n) is 10.5. The summed E-state index contributed by atoms with van der Waals surface area (Å²) >= 11 is 0. The maximum Gasteiger partial charge on any atom is 0.411 e. The second-order valence-corrected chi connectivity index (χ2v) is 7.90. The number of amides is 2. The van der Waals surface area contributed by atoms with Crippen LogP contribution in [-0.4, -0.2) is 35.5 Å². The Morgan fingerprint density at radius 3 is 2.55 bits per heavy atom. The van der Waals surface area contributed by atoms with Crippen LogP contribution in [0.1, 0.15) is 38.3 Å². The number of benzene rings is 2. The molecule has 31 heavy (non-hydrogen) atoms. The van der Waals surface area contributed by atoms with Gasteiger partial charge in [-0.25, -0.2) is 9.59 Å². The fourth-order valence-electron chi connectivity index (χ4n) is 3.57. The summed E-state index contributed by atoms with van der Waals surface area (Å²) < 4.78 is 10.5. The average molecular weight is 424 g/mol. The molecule has 1 heterocycles. The molecule has 1 aliphatic rings. The van der Waals surface area contributed by atoms with Gasteiger partial charge >= 0.3 is 12.1 Å². The summed E-state index contributed by atoms with van der Waals surface area (Å²) in [6, 6.07) is 13.6. The third-order valence-electron chi connectivity index (χ3n) is 5.00. The van der Waals surface area contributed by atoms with Crippen molar-refractivity contribution < 1.29 is 23.9 Å². The number of carbonyl (C=O) groups is 3. The van der Waals surface area contributed by atoms with Crippen molar-refractivity contribution in [2.45, 2.75) is 46.2 Å². The molecular formula is C24H28N2O5. The van der Waals surface area contributed by atoms with Crippen LogP contribution in [-0.2, 0) is 27.3 Å². The minimum absolute atomic E-state index is 0.0656. The molecule has 0 fully saturated rings. The van der Waals surface area contributed by atoms with E-state index in [4.69, 9.17) is 9.47 Å². The van der Waals surface area contributed by atoms with Gasteiger partial charge in [0, 0.05) is 31.1 Å². The van der Waals surface area contributed by atoms with Gasteiger partial charge in [-0.2, -0.15) is 0 Å². The Morgan fingerprint density at radius 1 is 1.10 bits per heavy atom. The van der Waals surface area contributed by atoms with E-state index in [2.05, 4.69) is 5.32 Å². The Kier molecular flexibility index (Phi) is 7.28. The van der Waals surface area contributed by atoms with Crippen molar-refractivity contribution in [2.75, 3.05) is 11.9 Å². The summed E-state index contributed by atoms with van der Waals surface area (Å²) in [6.45, 7) is 6.30. The summed E-state index contributed by atoms with van der Waals surface area (Å²) in [5.41, 5.74) is 2.53. The smallest absolute Gasteiger partial charge is 0.411 e. The van der Waals surface area contributed by atoms with Gasteiger partial charge in [-0.1, -0.05) is 44.2 Å². The standard InChI is InChI=1S/C24H28N2O5/c1-4-30-24(29)25-19-10-7-11-20(14-19)31-23(28)21-13-17-8-5-6-9-18(17)15-26(21)22(27)12-16(2)3/h5-11,14,16,21H,4,12-13,15H2,1-3H3,(H,25,29). The largest absolute Gasteiger partial charge is 0.450 e. The molecule has 0 spiro atoms. The van der Waals surface area contributed by atoms with E-state index in [0.29, 0.717) is 25.1 Å². The SMILES string of the molecule is CCOC(=O)Nc1cccc(OC(=O)C2Cc3ccccc3CN2C(=O)CC(C)C)c1. The highest BCUT2D eigenvalue weighted by Crippen LogP contribution is 2.27. The lowest BCUT2D eigenvalue weighted by Crippen LogP contribution is -2.50. The van der Waals surface area contributed by atoms with Gasteiger partial charge in [0.05, 0.1) is 6.61 Å². The second kappa shape index (κ2) is 10.1. The zero-order valence-electron chi connectivity index (χ0n) is 18.1. The number of nitrogens with zero attached hydrogens (tertiary/aromatic N) is 1. The number of hydrogen-bond donors (Lipinski definition) is 1. The Balaban J connectivity index is 1.78. The van der Waals surface area contributed by atoms with E-state index in [1.54, 1.807) is 36.1 Å². The van der Waals surface area contributed by atoms with Crippen molar-refractivity contribution in [3.63, 3.8) is 0 Å². The van der Waals surface area contributed by atoms with Crippen LogP contribution in [0.4, 0.5) is 10.5 Å². The van der Waals surface area contributed by atoms with Crippen molar-refractivity contribution in [3.05, 3.63) is 59.7 Å². The second-order valence-electron chi connectivity index (χ2n) is 7.90. The van der Waals surface area contributed by atoms with E-state index in [9.17, 15) is 14.4 Å². The predicted octanol–water partition coefficient (Wildman–Crippen LogP) is 4.16. The number of anilines is 1. The molecule has 2 amide bonds. The van der Waals surface area contributed by atoms with E-state index in [-0.39, 0.29) is 24.2 Å². The van der Waals surface area contributed by atoms with E-state index in [0.717, 1.165) is 11.1 Å². The molecule has 0 saturated carbocycles. The molecule has 3 rings (SSSR count). The highest BCUT2D eigenvalue weighted by atomic mass is 16.5. The van der Waals surface area contributed by atoms with Gasteiger partial charge in [-0.15, -0.1) is 0 Å². The first-order valence-corrected chi connectivity index (χ1v) is 10.5. The van der Waals surface area contributed by atoms with Gasteiger partial charge in [0.25, 0.3) is 0 Å². The molecule has 0 aromatic heterocycles. The number of carbonyl (C=O) groups excluding carboxylic acids is 3. The molecule has 0 radical (unpaired) electrons. The van der Waals surface area contributed by atoms with Crippen LogP contribution >= 0.6 is 0 Å². The Morgan fingerprint density at radius 2 is 1.84 bits per heavy atom. The highest BCUT2D eigenvalue weighted by Gasteiger charge is 2.36. The number of nitrogens with one attached hydrogen (secondary N) is 1. The number of rotatable bonds is 6. The van der Waals surface area contributed by atoms with Gasteiger partial charge in [0.2, 0.25) is 5.91 Å². The first-order chi connectivity index (χ1) is 14.9. The van der Waals surface area contributed by atoms with Crippen LogP contribution in [0.25, 0.3) is 0 Å². The van der Waals surface area contributed by atoms with Crippen LogP contribution in [0.3, 0.4) is 0 Å². The summed E-state index contributed by atoms with van der Waals surface area (Å²) in [5, 5.41) is 2.58. The quantitative estimate of drug-likeness (QED) is 0.556. The maximum absolute atomic E-state index is 13.1. The van der Waals surface area contributed by atoms with Crippen LogP contribution in [0.2, 0.25) is 0 Å². The molecule has 2 aromatic rings. The van der Waals surface area contributed by atoms with E-state index >= 15 is 0 Å². The van der Waals surface area contributed by atoms with Crippen LogP contribution in [0.15, 0.2) is 48.5 Å². The molecule has 0 aliphatic carbocycles. The number of fused-ring (bicyclic) bond motifs is 1. The molecule has 1 aliphatic heterocycles. The number of ether oxygens (including phenoxy) is 2. The van der Waals surface area contributed by atoms with Crippen molar-refractivity contribution in [1.82, 2.24) is 4.90 Å². The number of hydrogen-bond acceptors (Lipinski definition) is 5. The lowest BCUT2D eigenvalue weighted by atomic mass is 9.93. The average Bonchev–Trinajstić information content (AvgIpc) is 2.72. The summed E-state index contributed by atoms with van der Waals surface area (Å²) in [7, 11) is 0. The van der Waals surface area contributed by atoms with Crippen LogP contribution < -0.4 is 10.1 Å². The molecule has 0 bridgehead atoms. The number of esters is 1. The van der Waals surface area contributed by atoms with E-state index in [1.807, 2.05) is 38.1 Å². The molecule has 1 unspecified atom stereocenters. The first kappa shape index (κ1) is 22.3. The Bertz CT molecular complexity index is 956. The molecule has 0 saturated heterocycles. The minimum Gasteiger partial charge on any atom is -0.450 e. The Labute approximate surface area is 182 Å². The lowest BCUT2D eigenvalue weighted by Gasteiger charge is -2.35. The van der Waals surface area contributed by atoms with Crippen molar-refractivity contribution >= 4 is 23.7 Å². The van der Waals surface area contributed by atoms with Gasteiger partial charge in [-0.3, -0.25) is 10.1 Å². The molecule has 1 atom stereocenters. The van der Waals surface area contributed by atoms with Crippen molar-refractivity contribution in [2.24, 2.45) is 5.92 Å². The van der Waals surface area contributed by atoms with Crippen molar-refractivity contribution in [1.29, 1.82) is 0 Å². The van der Waals surface area contributed by atoms with Crippen LogP contribution in [0.5, 0.6) is 5.75 Å². The lowest BCUT2D eigenvalue weighted by molar-refractivity contribution is -0.149. The predicted molar refractivity (Wildman–Crippen MR) is 117 cm³/mol. The molecular weight excluding hydrogens is 396 g/mol. The summed E-state index contributed by atoms with van der Waals surface area (Å²) in [4.78, 5) is 39.2. The zero-order valence-corrected chi connectivity index (χ0v) is 18.1. The fraction of sp³-hybridized carbons (Fsp3) is 0.375. The van der Waals surface area contributed by atoms with Gasteiger partial charge in [0.15, 0.2) is 0 Å². The third-order valence-corrected chi connectivity index (χ3v) is 5.00. The summed E-state index contributed by atoms with van der Waals surface area (Å²) in [6.07, 6.45) is 0.185. The Hall–Kier alpha value is -3.35. The zero-order chi connectivity index (χ0) is 22.4. The maximum atomic E-state index is 13.1. The van der Waals surface area contributed by atoms with E-state index < -0.39 is 18.1 Å². The molecule has 164 valence electrons. The van der Waals surface area contributed by atoms with Gasteiger partial charge in [0.1, 0.15) is 11.8 Å². The van der Waals surface area contributed by atoms with Gasteiger partial charge < -0.3 is 14.4 Å². The van der Waals surface area contributed by atoms with Gasteiger partial charge in [-0.05, 0) is 36.1 Å². The third kappa shape index (κ3) is 5.84. The monoisotopic (exact) mass is 424 g/mol. The molecule has 7 nitrogen and oxygen atoms in total. The molecule has 7 heteroatoms. The van der Waals surface area contributed by atoms with Crippen LogP contribution in [0, 0.1) is 5.92 Å². The van der Waals surface area contributed by atoms with E-state index in [1.165, 1.54) is 0 Å². The minimum atomic E-state index is -0.706. The normalized spacial score (nSPS) is 15.2. The molecule has 2 aromatic carbocycles. The topological polar surface area (TPSA) is 84.9 Å².